The first-order chi connectivity index (χ1) is 7.37. The fourth-order valence-corrected chi connectivity index (χ4v) is 2.78. The molecule has 0 aliphatic rings. The molecule has 1 rings (SSSR count). The van der Waals surface area contributed by atoms with Gasteiger partial charge in [-0.25, -0.2) is 8.42 Å². The van der Waals surface area contributed by atoms with Gasteiger partial charge >= 0.3 is 0 Å². The molecule has 0 aliphatic heterocycles. The Labute approximate surface area is 105 Å². The standard InChI is InChI=1S/C10H12Cl2O3S/c1-8(7-16(12,13)14)6-15-10-4-2-3-9(11)5-10/h2-5,8H,6-7H2,1H3. The SMILES string of the molecule is CC(COc1cccc(Cl)c1)CS(=O)(=O)Cl. The van der Waals surface area contributed by atoms with Gasteiger partial charge in [0.1, 0.15) is 5.75 Å². The molecule has 0 fully saturated rings. The molecule has 3 nitrogen and oxygen atoms in total. The lowest BCUT2D eigenvalue weighted by Crippen LogP contribution is -2.16. The smallest absolute Gasteiger partial charge is 0.232 e. The second-order valence-electron chi connectivity index (χ2n) is 3.58. The number of hydrogen-bond donors (Lipinski definition) is 0. The Bertz CT molecular complexity index is 445. The normalized spacial score (nSPS) is 13.4. The van der Waals surface area contributed by atoms with Crippen molar-refractivity contribution in [3.8, 4) is 5.75 Å². The molecule has 6 heteroatoms. The molecule has 1 aromatic carbocycles. The average molecular weight is 283 g/mol. The summed E-state index contributed by atoms with van der Waals surface area (Å²) in [5, 5.41) is 0.579. The van der Waals surface area contributed by atoms with Gasteiger partial charge in [-0.05, 0) is 18.2 Å². The van der Waals surface area contributed by atoms with Crippen molar-refractivity contribution in [1.29, 1.82) is 0 Å². The summed E-state index contributed by atoms with van der Waals surface area (Å²) in [6, 6.07) is 6.93. The predicted molar refractivity (Wildman–Crippen MR) is 65.8 cm³/mol. The third-order valence-corrected chi connectivity index (χ3v) is 3.39. The first-order valence-corrected chi connectivity index (χ1v) is 7.53. The number of benzene rings is 1. The molecule has 0 aromatic heterocycles. The van der Waals surface area contributed by atoms with Crippen molar-refractivity contribution in [3.63, 3.8) is 0 Å². The van der Waals surface area contributed by atoms with E-state index in [1.807, 2.05) is 0 Å². The molecule has 1 aromatic rings. The summed E-state index contributed by atoms with van der Waals surface area (Å²) in [6.07, 6.45) is 0. The van der Waals surface area contributed by atoms with Crippen molar-refractivity contribution in [2.75, 3.05) is 12.4 Å². The Kier molecular flexibility index (Phi) is 4.89. The number of ether oxygens (including phenoxy) is 1. The lowest BCUT2D eigenvalue weighted by atomic mass is 10.2. The van der Waals surface area contributed by atoms with E-state index in [-0.39, 0.29) is 18.3 Å². The molecule has 90 valence electrons. The van der Waals surface area contributed by atoms with Crippen molar-refractivity contribution in [1.82, 2.24) is 0 Å². The summed E-state index contributed by atoms with van der Waals surface area (Å²) in [7, 11) is 1.66. The van der Waals surface area contributed by atoms with Gasteiger partial charge in [-0.1, -0.05) is 24.6 Å². The maximum absolute atomic E-state index is 10.8. The van der Waals surface area contributed by atoms with Gasteiger partial charge in [0.25, 0.3) is 0 Å². The molecule has 0 aliphatic carbocycles. The van der Waals surface area contributed by atoms with Crippen molar-refractivity contribution in [2.24, 2.45) is 5.92 Å². The summed E-state index contributed by atoms with van der Waals surface area (Å²) >= 11 is 5.77. The van der Waals surface area contributed by atoms with E-state index >= 15 is 0 Å². The van der Waals surface area contributed by atoms with Crippen LogP contribution in [0.25, 0.3) is 0 Å². The van der Waals surface area contributed by atoms with Crippen LogP contribution in [0.3, 0.4) is 0 Å². The predicted octanol–water partition coefficient (Wildman–Crippen LogP) is 2.92. The van der Waals surface area contributed by atoms with Gasteiger partial charge in [-0.3, -0.25) is 0 Å². The zero-order valence-corrected chi connectivity index (χ0v) is 11.0. The summed E-state index contributed by atoms with van der Waals surface area (Å²) in [4.78, 5) is 0. The highest BCUT2D eigenvalue weighted by molar-refractivity contribution is 8.13. The van der Waals surface area contributed by atoms with E-state index < -0.39 is 9.05 Å². The summed E-state index contributed by atoms with van der Waals surface area (Å²) in [5.41, 5.74) is 0. The second-order valence-corrected chi connectivity index (χ2v) is 6.84. The Morgan fingerprint density at radius 2 is 2.12 bits per heavy atom. The van der Waals surface area contributed by atoms with Gasteiger partial charge in [0.15, 0.2) is 0 Å². The topological polar surface area (TPSA) is 43.4 Å². The zero-order chi connectivity index (χ0) is 12.2. The Morgan fingerprint density at radius 3 is 2.69 bits per heavy atom. The van der Waals surface area contributed by atoms with E-state index in [9.17, 15) is 8.42 Å². The van der Waals surface area contributed by atoms with Gasteiger partial charge in [0.2, 0.25) is 9.05 Å². The van der Waals surface area contributed by atoms with Crippen LogP contribution in [0.1, 0.15) is 6.92 Å². The van der Waals surface area contributed by atoms with Crippen LogP contribution in [0, 0.1) is 5.92 Å². The van der Waals surface area contributed by atoms with E-state index in [1.54, 1.807) is 31.2 Å². The minimum Gasteiger partial charge on any atom is -0.493 e. The van der Waals surface area contributed by atoms with Crippen LogP contribution in [-0.4, -0.2) is 20.8 Å². The van der Waals surface area contributed by atoms with Crippen LogP contribution in [0.5, 0.6) is 5.75 Å². The largest absolute Gasteiger partial charge is 0.493 e. The van der Waals surface area contributed by atoms with E-state index in [2.05, 4.69) is 0 Å². The second kappa shape index (κ2) is 5.75. The molecule has 0 radical (unpaired) electrons. The Hall–Kier alpha value is -0.450. The molecule has 0 saturated carbocycles. The molecule has 16 heavy (non-hydrogen) atoms. The van der Waals surface area contributed by atoms with Crippen LogP contribution in [0.2, 0.25) is 5.02 Å². The van der Waals surface area contributed by atoms with Crippen LogP contribution in [-0.2, 0) is 9.05 Å². The van der Waals surface area contributed by atoms with Crippen molar-refractivity contribution < 1.29 is 13.2 Å². The summed E-state index contributed by atoms with van der Waals surface area (Å²) in [6.45, 7) is 2.04. The monoisotopic (exact) mass is 282 g/mol. The first-order valence-electron chi connectivity index (χ1n) is 4.67. The Balaban J connectivity index is 2.46. The van der Waals surface area contributed by atoms with E-state index in [0.717, 1.165) is 0 Å². The zero-order valence-electron chi connectivity index (χ0n) is 8.69. The highest BCUT2D eigenvalue weighted by atomic mass is 35.7. The molecular formula is C10H12Cl2O3S. The van der Waals surface area contributed by atoms with E-state index in [0.29, 0.717) is 10.8 Å². The third kappa shape index (κ3) is 5.58. The number of hydrogen-bond acceptors (Lipinski definition) is 3. The summed E-state index contributed by atoms with van der Waals surface area (Å²) < 4.78 is 27.0. The van der Waals surface area contributed by atoms with E-state index in [1.165, 1.54) is 0 Å². The number of halogens is 2. The minimum absolute atomic E-state index is 0.102. The first kappa shape index (κ1) is 13.6. The maximum Gasteiger partial charge on any atom is 0.232 e. The fourth-order valence-electron chi connectivity index (χ4n) is 1.18. The van der Waals surface area contributed by atoms with Gasteiger partial charge < -0.3 is 4.74 Å². The molecule has 0 spiro atoms. The minimum atomic E-state index is -3.47. The average Bonchev–Trinajstić information content (AvgIpc) is 2.12. The van der Waals surface area contributed by atoms with Crippen LogP contribution in [0.15, 0.2) is 24.3 Å². The molecule has 1 atom stereocenters. The molecule has 0 heterocycles. The highest BCUT2D eigenvalue weighted by Gasteiger charge is 2.13. The molecule has 0 bridgehead atoms. The van der Waals surface area contributed by atoms with Crippen molar-refractivity contribution in [2.45, 2.75) is 6.92 Å². The lowest BCUT2D eigenvalue weighted by Gasteiger charge is -2.11. The lowest BCUT2D eigenvalue weighted by molar-refractivity contribution is 0.272. The van der Waals surface area contributed by atoms with Crippen LogP contribution >= 0.6 is 22.3 Å². The molecular weight excluding hydrogens is 271 g/mol. The van der Waals surface area contributed by atoms with Gasteiger partial charge in [-0.2, -0.15) is 0 Å². The fraction of sp³-hybridized carbons (Fsp3) is 0.400. The van der Waals surface area contributed by atoms with Gasteiger partial charge in [0.05, 0.1) is 12.4 Å². The highest BCUT2D eigenvalue weighted by Crippen LogP contribution is 2.18. The summed E-state index contributed by atoms with van der Waals surface area (Å²) in [5.74, 6) is 0.350. The Morgan fingerprint density at radius 1 is 1.44 bits per heavy atom. The van der Waals surface area contributed by atoms with Crippen LogP contribution < -0.4 is 4.74 Å². The molecule has 0 amide bonds. The quantitative estimate of drug-likeness (QED) is 0.780. The van der Waals surface area contributed by atoms with Crippen LogP contribution in [0.4, 0.5) is 0 Å². The molecule has 0 N–H and O–H groups in total. The van der Waals surface area contributed by atoms with E-state index in [4.69, 9.17) is 27.0 Å². The van der Waals surface area contributed by atoms with Crippen molar-refractivity contribution >= 4 is 31.3 Å². The molecule has 1 unspecified atom stereocenters. The van der Waals surface area contributed by atoms with Gasteiger partial charge in [0, 0.05) is 21.6 Å². The number of rotatable bonds is 5. The van der Waals surface area contributed by atoms with Crippen molar-refractivity contribution in [3.05, 3.63) is 29.3 Å². The van der Waals surface area contributed by atoms with Gasteiger partial charge in [-0.15, -0.1) is 0 Å². The third-order valence-electron chi connectivity index (χ3n) is 1.81. The maximum atomic E-state index is 10.8. The molecule has 0 saturated heterocycles.